The lowest BCUT2D eigenvalue weighted by atomic mass is 9.94. The highest BCUT2D eigenvalue weighted by Crippen LogP contribution is 2.42. The Morgan fingerprint density at radius 2 is 2.15 bits per heavy atom. The van der Waals surface area contributed by atoms with E-state index in [2.05, 4.69) is 43.3 Å². The number of rotatable bonds is 4. The minimum Gasteiger partial charge on any atom is -0.486 e. The van der Waals surface area contributed by atoms with Crippen LogP contribution in [0.2, 0.25) is 0 Å². The second-order valence-electron chi connectivity index (χ2n) is 5.97. The van der Waals surface area contributed by atoms with Gasteiger partial charge in [0.1, 0.15) is 11.4 Å². The zero-order valence-corrected chi connectivity index (χ0v) is 12.2. The number of fused-ring (bicyclic) bond motifs is 1. The Bertz CT molecular complexity index is 577. The van der Waals surface area contributed by atoms with Crippen molar-refractivity contribution in [2.45, 2.75) is 45.0 Å². The van der Waals surface area contributed by atoms with Gasteiger partial charge in [-0.3, -0.25) is 4.68 Å². The first-order valence-electron chi connectivity index (χ1n) is 7.08. The highest BCUT2D eigenvalue weighted by atomic mass is 16.5. The maximum atomic E-state index is 6.06. The molecule has 2 aromatic rings. The lowest BCUT2D eigenvalue weighted by Crippen LogP contribution is -2.44. The summed E-state index contributed by atoms with van der Waals surface area (Å²) in [5.74, 6) is 0.987. The Labute approximate surface area is 119 Å². The molecule has 1 aliphatic heterocycles. The first-order chi connectivity index (χ1) is 9.56. The summed E-state index contributed by atoms with van der Waals surface area (Å²) >= 11 is 0. The molecule has 2 atom stereocenters. The number of hydrogen-bond acceptors (Lipinski definition) is 3. The van der Waals surface area contributed by atoms with Crippen molar-refractivity contribution in [1.29, 1.82) is 0 Å². The smallest absolute Gasteiger partial charge is 0.125 e. The molecule has 0 saturated carbocycles. The molecule has 20 heavy (non-hydrogen) atoms. The molecule has 1 aromatic carbocycles. The van der Waals surface area contributed by atoms with Gasteiger partial charge in [0, 0.05) is 24.0 Å². The SMILES string of the molecule is CC(Cn1cccn1)NC1c2ccccc2OC1(C)C. The number of para-hydroxylation sites is 1. The molecule has 4 heteroatoms. The average molecular weight is 271 g/mol. The molecule has 0 saturated heterocycles. The number of hydrogen-bond donors (Lipinski definition) is 1. The first kappa shape index (κ1) is 13.2. The van der Waals surface area contributed by atoms with Crippen LogP contribution in [0.4, 0.5) is 0 Å². The van der Waals surface area contributed by atoms with Crippen LogP contribution in [0.3, 0.4) is 0 Å². The summed E-state index contributed by atoms with van der Waals surface area (Å²) in [5.41, 5.74) is 1.01. The van der Waals surface area contributed by atoms with Crippen molar-refractivity contribution in [3.8, 4) is 5.75 Å². The van der Waals surface area contributed by atoms with Crippen LogP contribution in [-0.2, 0) is 6.54 Å². The van der Waals surface area contributed by atoms with Gasteiger partial charge in [-0.05, 0) is 32.9 Å². The van der Waals surface area contributed by atoms with Crippen molar-refractivity contribution >= 4 is 0 Å². The highest BCUT2D eigenvalue weighted by Gasteiger charge is 2.41. The van der Waals surface area contributed by atoms with Crippen molar-refractivity contribution in [1.82, 2.24) is 15.1 Å². The van der Waals surface area contributed by atoms with Crippen LogP contribution in [0.15, 0.2) is 42.7 Å². The predicted octanol–water partition coefficient (Wildman–Crippen LogP) is 2.77. The third-order valence-electron chi connectivity index (χ3n) is 3.77. The predicted molar refractivity (Wildman–Crippen MR) is 78.7 cm³/mol. The van der Waals surface area contributed by atoms with Crippen LogP contribution in [0, 0.1) is 0 Å². The van der Waals surface area contributed by atoms with Gasteiger partial charge in [0.15, 0.2) is 0 Å². The fourth-order valence-electron chi connectivity index (χ4n) is 2.85. The molecule has 0 fully saturated rings. The Balaban J connectivity index is 1.75. The molecule has 0 aliphatic carbocycles. The molecule has 0 amide bonds. The molecule has 0 spiro atoms. The van der Waals surface area contributed by atoms with Gasteiger partial charge in [-0.25, -0.2) is 0 Å². The van der Waals surface area contributed by atoms with Crippen LogP contribution in [0.5, 0.6) is 5.75 Å². The lowest BCUT2D eigenvalue weighted by molar-refractivity contribution is 0.0905. The van der Waals surface area contributed by atoms with E-state index in [1.54, 1.807) is 0 Å². The van der Waals surface area contributed by atoms with Gasteiger partial charge in [-0.1, -0.05) is 18.2 Å². The summed E-state index contributed by atoms with van der Waals surface area (Å²) < 4.78 is 8.01. The van der Waals surface area contributed by atoms with Gasteiger partial charge >= 0.3 is 0 Å². The van der Waals surface area contributed by atoms with E-state index in [9.17, 15) is 0 Å². The molecule has 4 nitrogen and oxygen atoms in total. The second kappa shape index (κ2) is 4.94. The van der Waals surface area contributed by atoms with Crippen molar-refractivity contribution in [2.24, 2.45) is 0 Å². The molecular formula is C16H21N3O. The molecule has 1 aromatic heterocycles. The van der Waals surface area contributed by atoms with Gasteiger partial charge in [-0.2, -0.15) is 5.10 Å². The maximum absolute atomic E-state index is 6.06. The average Bonchev–Trinajstić information content (AvgIpc) is 2.97. The van der Waals surface area contributed by atoms with E-state index in [0.29, 0.717) is 6.04 Å². The normalized spacial score (nSPS) is 21.2. The quantitative estimate of drug-likeness (QED) is 0.929. The van der Waals surface area contributed by atoms with Crippen LogP contribution in [-0.4, -0.2) is 21.4 Å². The summed E-state index contributed by atoms with van der Waals surface area (Å²) in [4.78, 5) is 0. The molecule has 2 unspecified atom stereocenters. The molecule has 0 bridgehead atoms. The van der Waals surface area contributed by atoms with E-state index in [0.717, 1.165) is 12.3 Å². The first-order valence-corrected chi connectivity index (χ1v) is 7.08. The Hall–Kier alpha value is -1.81. The summed E-state index contributed by atoms with van der Waals surface area (Å²) in [6.07, 6.45) is 3.80. The third-order valence-corrected chi connectivity index (χ3v) is 3.77. The molecular weight excluding hydrogens is 250 g/mol. The molecule has 1 aliphatic rings. The van der Waals surface area contributed by atoms with Gasteiger partial charge in [-0.15, -0.1) is 0 Å². The summed E-state index contributed by atoms with van der Waals surface area (Å²) in [6.45, 7) is 7.29. The molecule has 2 heterocycles. The van der Waals surface area contributed by atoms with Crippen LogP contribution >= 0.6 is 0 Å². The maximum Gasteiger partial charge on any atom is 0.125 e. The number of nitrogens with zero attached hydrogens (tertiary/aromatic N) is 2. The summed E-state index contributed by atoms with van der Waals surface area (Å²) in [5, 5.41) is 7.93. The lowest BCUT2D eigenvalue weighted by Gasteiger charge is -2.30. The van der Waals surface area contributed by atoms with Crippen LogP contribution in [0.25, 0.3) is 0 Å². The van der Waals surface area contributed by atoms with Crippen molar-refractivity contribution in [3.63, 3.8) is 0 Å². The van der Waals surface area contributed by atoms with E-state index >= 15 is 0 Å². The minimum absolute atomic E-state index is 0.198. The van der Waals surface area contributed by atoms with Gasteiger partial charge in [0.05, 0.1) is 12.6 Å². The third kappa shape index (κ3) is 2.43. The molecule has 106 valence electrons. The Kier molecular flexibility index (Phi) is 3.26. The van der Waals surface area contributed by atoms with E-state index in [4.69, 9.17) is 4.74 Å². The largest absolute Gasteiger partial charge is 0.486 e. The number of ether oxygens (including phenoxy) is 1. The van der Waals surface area contributed by atoms with Crippen LogP contribution in [0.1, 0.15) is 32.4 Å². The zero-order valence-electron chi connectivity index (χ0n) is 12.2. The highest BCUT2D eigenvalue weighted by molar-refractivity contribution is 5.42. The summed E-state index contributed by atoms with van der Waals surface area (Å²) in [7, 11) is 0. The van der Waals surface area contributed by atoms with Gasteiger partial charge in [0.25, 0.3) is 0 Å². The molecule has 1 N–H and O–H groups in total. The van der Waals surface area contributed by atoms with E-state index in [1.165, 1.54) is 5.56 Å². The zero-order chi connectivity index (χ0) is 14.2. The number of aromatic nitrogens is 2. The Morgan fingerprint density at radius 3 is 2.90 bits per heavy atom. The van der Waals surface area contributed by atoms with E-state index in [-0.39, 0.29) is 11.6 Å². The standard InChI is InChI=1S/C16H21N3O/c1-12(11-19-10-6-9-17-19)18-15-13-7-4-5-8-14(13)20-16(15,2)3/h4-10,12,15,18H,11H2,1-3H3. The van der Waals surface area contributed by atoms with Gasteiger partial charge < -0.3 is 10.1 Å². The van der Waals surface area contributed by atoms with E-state index in [1.807, 2.05) is 35.3 Å². The fourth-order valence-corrected chi connectivity index (χ4v) is 2.85. The Morgan fingerprint density at radius 1 is 1.35 bits per heavy atom. The van der Waals surface area contributed by atoms with Gasteiger partial charge in [0.2, 0.25) is 0 Å². The molecule has 0 radical (unpaired) electrons. The van der Waals surface area contributed by atoms with E-state index < -0.39 is 0 Å². The van der Waals surface area contributed by atoms with Crippen molar-refractivity contribution in [2.75, 3.05) is 0 Å². The number of benzene rings is 1. The fraction of sp³-hybridized carbons (Fsp3) is 0.438. The number of nitrogens with one attached hydrogen (secondary N) is 1. The van der Waals surface area contributed by atoms with Crippen molar-refractivity contribution in [3.05, 3.63) is 48.3 Å². The monoisotopic (exact) mass is 271 g/mol. The van der Waals surface area contributed by atoms with Crippen LogP contribution < -0.4 is 10.1 Å². The topological polar surface area (TPSA) is 39.1 Å². The second-order valence-corrected chi connectivity index (χ2v) is 5.97. The summed E-state index contributed by atoms with van der Waals surface area (Å²) in [6, 6.07) is 10.7. The minimum atomic E-state index is -0.234. The molecule has 3 rings (SSSR count). The van der Waals surface area contributed by atoms with Crippen molar-refractivity contribution < 1.29 is 4.74 Å².